The van der Waals surface area contributed by atoms with Gasteiger partial charge in [0, 0.05) is 19.5 Å². The highest BCUT2D eigenvalue weighted by atomic mass is 19.1. The topological polar surface area (TPSA) is 38.8 Å². The van der Waals surface area contributed by atoms with Gasteiger partial charge in [-0.25, -0.2) is 4.39 Å². The van der Waals surface area contributed by atoms with Crippen LogP contribution in [0, 0.1) is 5.82 Å². The molecular formula is C21H24FNO3. The first-order valence-electron chi connectivity index (χ1n) is 8.91. The van der Waals surface area contributed by atoms with Gasteiger partial charge in [-0.3, -0.25) is 4.79 Å². The van der Waals surface area contributed by atoms with Crippen molar-refractivity contribution in [3.05, 3.63) is 59.9 Å². The second-order valence-corrected chi connectivity index (χ2v) is 6.45. The van der Waals surface area contributed by atoms with Crippen LogP contribution < -0.4 is 9.47 Å². The minimum atomic E-state index is -0.825. The number of rotatable bonds is 7. The van der Waals surface area contributed by atoms with Crippen LogP contribution in [0.2, 0.25) is 0 Å². The largest absolute Gasteiger partial charge is 0.497 e. The van der Waals surface area contributed by atoms with Crippen molar-refractivity contribution in [3.8, 4) is 11.5 Å². The zero-order valence-corrected chi connectivity index (χ0v) is 15.4. The van der Waals surface area contributed by atoms with Gasteiger partial charge in [-0.05, 0) is 55.8 Å². The van der Waals surface area contributed by atoms with Crippen LogP contribution in [-0.4, -0.2) is 37.1 Å². The van der Waals surface area contributed by atoms with Crippen LogP contribution in [0.1, 0.15) is 25.8 Å². The molecule has 0 N–H and O–H groups in total. The molecule has 2 atom stereocenters. The molecule has 4 nitrogen and oxygen atoms in total. The summed E-state index contributed by atoms with van der Waals surface area (Å²) in [6, 6.07) is 13.5. The number of amides is 1. The van der Waals surface area contributed by atoms with Gasteiger partial charge in [0.1, 0.15) is 28.8 Å². The van der Waals surface area contributed by atoms with Crippen molar-refractivity contribution in [2.45, 2.75) is 31.8 Å². The molecule has 0 unspecified atom stereocenters. The molecular weight excluding hydrogens is 333 g/mol. The molecule has 1 aliphatic rings. The van der Waals surface area contributed by atoms with Crippen LogP contribution in [0.3, 0.4) is 0 Å². The SMILES string of the molecule is CCN(CC)C(=O)[C@]1(c2cccc(F)c2)C[C@@H]1Oc1ccc(OC)cc1. The number of ether oxygens (including phenoxy) is 2. The lowest BCUT2D eigenvalue weighted by molar-refractivity contribution is -0.134. The first kappa shape index (κ1) is 18.2. The number of halogens is 1. The van der Waals surface area contributed by atoms with Crippen molar-refractivity contribution in [2.24, 2.45) is 0 Å². The minimum absolute atomic E-state index is 0.00777. The molecule has 2 aromatic carbocycles. The van der Waals surface area contributed by atoms with Crippen LogP contribution in [-0.2, 0) is 10.2 Å². The lowest BCUT2D eigenvalue weighted by atomic mass is 9.93. The van der Waals surface area contributed by atoms with Crippen molar-refractivity contribution >= 4 is 5.91 Å². The second-order valence-electron chi connectivity index (χ2n) is 6.45. The van der Waals surface area contributed by atoms with E-state index >= 15 is 0 Å². The van der Waals surface area contributed by atoms with Gasteiger partial charge in [0.15, 0.2) is 0 Å². The van der Waals surface area contributed by atoms with Crippen molar-refractivity contribution in [1.82, 2.24) is 4.90 Å². The summed E-state index contributed by atoms with van der Waals surface area (Å²) in [6.45, 7) is 5.12. The summed E-state index contributed by atoms with van der Waals surface area (Å²) in [5, 5.41) is 0. The predicted octanol–water partition coefficient (Wildman–Crippen LogP) is 3.79. The van der Waals surface area contributed by atoms with Gasteiger partial charge in [0.05, 0.1) is 7.11 Å². The summed E-state index contributed by atoms with van der Waals surface area (Å²) in [5.74, 6) is 1.06. The van der Waals surface area contributed by atoms with E-state index in [4.69, 9.17) is 9.47 Å². The summed E-state index contributed by atoms with van der Waals surface area (Å²) in [5.41, 5.74) is -0.151. The fourth-order valence-corrected chi connectivity index (χ4v) is 3.41. The maximum absolute atomic E-state index is 13.8. The Kier molecular flexibility index (Phi) is 5.16. The molecule has 1 aliphatic carbocycles. The molecule has 1 fully saturated rings. The fourth-order valence-electron chi connectivity index (χ4n) is 3.41. The van der Waals surface area contributed by atoms with Crippen molar-refractivity contribution in [3.63, 3.8) is 0 Å². The number of hydrogen-bond donors (Lipinski definition) is 0. The third kappa shape index (κ3) is 3.26. The zero-order valence-electron chi connectivity index (χ0n) is 15.4. The van der Waals surface area contributed by atoms with Gasteiger partial charge in [-0.15, -0.1) is 0 Å². The number of likely N-dealkylation sites (N-methyl/N-ethyl adjacent to an activating group) is 1. The Balaban J connectivity index is 1.89. The first-order valence-corrected chi connectivity index (χ1v) is 8.91. The van der Waals surface area contributed by atoms with Crippen LogP contribution in [0.5, 0.6) is 11.5 Å². The van der Waals surface area contributed by atoms with Crippen molar-refractivity contribution in [2.75, 3.05) is 20.2 Å². The Hall–Kier alpha value is -2.56. The van der Waals surface area contributed by atoms with Gasteiger partial charge < -0.3 is 14.4 Å². The smallest absolute Gasteiger partial charge is 0.237 e. The minimum Gasteiger partial charge on any atom is -0.497 e. The van der Waals surface area contributed by atoms with E-state index in [9.17, 15) is 9.18 Å². The fraction of sp³-hybridized carbons (Fsp3) is 0.381. The van der Waals surface area contributed by atoms with E-state index in [0.717, 1.165) is 5.75 Å². The molecule has 1 saturated carbocycles. The lowest BCUT2D eigenvalue weighted by Gasteiger charge is -2.26. The average molecular weight is 357 g/mol. The maximum atomic E-state index is 13.8. The Labute approximate surface area is 153 Å². The van der Waals surface area contributed by atoms with Crippen LogP contribution in [0.25, 0.3) is 0 Å². The van der Waals surface area contributed by atoms with Gasteiger partial charge in [0.2, 0.25) is 5.91 Å². The summed E-state index contributed by atoms with van der Waals surface area (Å²) in [6.07, 6.45) is 0.225. The molecule has 0 bridgehead atoms. The van der Waals surface area contributed by atoms with Gasteiger partial charge in [-0.1, -0.05) is 12.1 Å². The van der Waals surface area contributed by atoms with Gasteiger partial charge >= 0.3 is 0 Å². The van der Waals surface area contributed by atoms with E-state index in [1.165, 1.54) is 12.1 Å². The predicted molar refractivity (Wildman–Crippen MR) is 98.0 cm³/mol. The van der Waals surface area contributed by atoms with Gasteiger partial charge in [-0.2, -0.15) is 0 Å². The molecule has 0 aliphatic heterocycles. The molecule has 3 rings (SSSR count). The highest BCUT2D eigenvalue weighted by molar-refractivity contribution is 5.93. The van der Waals surface area contributed by atoms with E-state index in [1.54, 1.807) is 18.1 Å². The third-order valence-electron chi connectivity index (χ3n) is 5.01. The summed E-state index contributed by atoms with van der Waals surface area (Å²) in [4.78, 5) is 15.0. The molecule has 1 amide bonds. The van der Waals surface area contributed by atoms with Gasteiger partial charge in [0.25, 0.3) is 0 Å². The normalized spacial score (nSPS) is 21.2. The molecule has 2 aromatic rings. The van der Waals surface area contributed by atoms with E-state index < -0.39 is 5.41 Å². The molecule has 0 spiro atoms. The molecule has 26 heavy (non-hydrogen) atoms. The number of methoxy groups -OCH3 is 1. The highest BCUT2D eigenvalue weighted by Crippen LogP contribution is 2.52. The molecule has 0 radical (unpaired) electrons. The number of carbonyl (C=O) groups is 1. The second kappa shape index (κ2) is 7.36. The quantitative estimate of drug-likeness (QED) is 0.757. The van der Waals surface area contributed by atoms with E-state index in [1.807, 2.05) is 44.2 Å². The van der Waals surface area contributed by atoms with Crippen molar-refractivity contribution in [1.29, 1.82) is 0 Å². The lowest BCUT2D eigenvalue weighted by Crippen LogP contribution is -2.41. The highest BCUT2D eigenvalue weighted by Gasteiger charge is 2.64. The summed E-state index contributed by atoms with van der Waals surface area (Å²) >= 11 is 0. The molecule has 5 heteroatoms. The maximum Gasteiger partial charge on any atom is 0.237 e. The van der Waals surface area contributed by atoms with Crippen molar-refractivity contribution < 1.29 is 18.7 Å². The average Bonchev–Trinajstić information content (AvgIpc) is 3.38. The molecule has 0 heterocycles. The van der Waals surface area contributed by atoms with E-state index in [0.29, 0.717) is 30.8 Å². The Morgan fingerprint density at radius 2 is 1.81 bits per heavy atom. The Bertz CT molecular complexity index is 773. The first-order chi connectivity index (χ1) is 12.5. The standard InChI is InChI=1S/C21H24FNO3/c1-4-23(5-2)20(24)21(15-7-6-8-16(22)13-15)14-19(21)26-18-11-9-17(25-3)10-12-18/h6-13,19H,4-5,14H2,1-3H3/t19-,21-/m0/s1. The number of carbonyl (C=O) groups excluding carboxylic acids is 1. The molecule has 0 saturated heterocycles. The number of hydrogen-bond acceptors (Lipinski definition) is 3. The zero-order chi connectivity index (χ0) is 18.7. The third-order valence-corrected chi connectivity index (χ3v) is 5.01. The van der Waals surface area contributed by atoms with Crippen LogP contribution in [0.4, 0.5) is 4.39 Å². The van der Waals surface area contributed by atoms with E-state index in [2.05, 4.69) is 0 Å². The summed E-state index contributed by atoms with van der Waals surface area (Å²) < 4.78 is 25.0. The van der Waals surface area contributed by atoms with Crippen LogP contribution in [0.15, 0.2) is 48.5 Å². The number of nitrogens with zero attached hydrogens (tertiary/aromatic N) is 1. The van der Waals surface area contributed by atoms with E-state index in [-0.39, 0.29) is 17.8 Å². The Morgan fingerprint density at radius 3 is 2.38 bits per heavy atom. The summed E-state index contributed by atoms with van der Waals surface area (Å²) in [7, 11) is 1.61. The molecule has 138 valence electrons. The monoisotopic (exact) mass is 357 g/mol. The Morgan fingerprint density at radius 1 is 1.15 bits per heavy atom. The molecule has 0 aromatic heterocycles. The number of benzene rings is 2. The van der Waals surface area contributed by atoms with Crippen LogP contribution >= 0.6 is 0 Å².